The first kappa shape index (κ1) is 12.7. The molecule has 0 aliphatic heterocycles. The van der Waals surface area contributed by atoms with Crippen molar-refractivity contribution in [2.75, 3.05) is 0 Å². The summed E-state index contributed by atoms with van der Waals surface area (Å²) in [7, 11) is 1.92. The lowest BCUT2D eigenvalue weighted by atomic mass is 10.3. The number of nitrogens with two attached hydrogens (primary N) is 1. The maximum atomic E-state index is 5.52. The van der Waals surface area contributed by atoms with Gasteiger partial charge >= 0.3 is 0 Å². The van der Waals surface area contributed by atoms with Crippen molar-refractivity contribution in [3.05, 3.63) is 35.4 Å². The molecular weight excluding hydrogens is 226 g/mol. The van der Waals surface area contributed by atoms with Gasteiger partial charge in [-0.15, -0.1) is 12.4 Å². The third kappa shape index (κ3) is 2.62. The summed E-state index contributed by atoms with van der Waals surface area (Å²) in [5.74, 6) is 0. The van der Waals surface area contributed by atoms with Gasteiger partial charge in [0.05, 0.1) is 18.4 Å². The number of rotatable bonds is 3. The Morgan fingerprint density at radius 2 is 2.12 bits per heavy atom. The Morgan fingerprint density at radius 3 is 2.62 bits per heavy atom. The van der Waals surface area contributed by atoms with Gasteiger partial charge in [-0.3, -0.25) is 9.36 Å². The van der Waals surface area contributed by atoms with Crippen molar-refractivity contribution >= 4 is 12.4 Å². The summed E-state index contributed by atoms with van der Waals surface area (Å²) in [4.78, 5) is 0. The lowest BCUT2D eigenvalue weighted by molar-refractivity contribution is 0.682. The number of halogens is 1. The molecule has 2 aromatic heterocycles. The van der Waals surface area contributed by atoms with E-state index in [9.17, 15) is 0 Å². The Hall–Kier alpha value is -1.33. The van der Waals surface area contributed by atoms with Gasteiger partial charge in [-0.2, -0.15) is 10.2 Å². The second-order valence-corrected chi connectivity index (χ2v) is 3.66. The molecule has 0 fully saturated rings. The number of nitrogens with zero attached hydrogens (tertiary/aromatic N) is 4. The van der Waals surface area contributed by atoms with Crippen molar-refractivity contribution in [3.63, 3.8) is 0 Å². The predicted molar refractivity (Wildman–Crippen MR) is 64.4 cm³/mol. The van der Waals surface area contributed by atoms with Crippen LogP contribution >= 0.6 is 12.4 Å². The Balaban J connectivity index is 0.00000128. The molecule has 2 N–H and O–H groups in total. The summed E-state index contributed by atoms with van der Waals surface area (Å²) < 4.78 is 3.70. The van der Waals surface area contributed by atoms with Crippen LogP contribution in [0.4, 0.5) is 0 Å². The van der Waals surface area contributed by atoms with E-state index in [4.69, 9.17) is 5.73 Å². The van der Waals surface area contributed by atoms with E-state index < -0.39 is 0 Å². The molecule has 0 radical (unpaired) electrons. The molecule has 88 valence electrons. The van der Waals surface area contributed by atoms with E-state index in [-0.39, 0.29) is 12.4 Å². The highest BCUT2D eigenvalue weighted by Gasteiger charge is 2.04. The van der Waals surface area contributed by atoms with Crippen molar-refractivity contribution < 1.29 is 0 Å². The molecule has 2 heterocycles. The lowest BCUT2D eigenvalue weighted by Gasteiger charge is -1.98. The second kappa shape index (κ2) is 5.14. The molecule has 0 spiro atoms. The Bertz CT molecular complexity index is 459. The van der Waals surface area contributed by atoms with Crippen LogP contribution in [0, 0.1) is 6.92 Å². The third-order valence-corrected chi connectivity index (χ3v) is 2.37. The maximum Gasteiger partial charge on any atom is 0.0693 e. The highest BCUT2D eigenvalue weighted by molar-refractivity contribution is 5.85. The van der Waals surface area contributed by atoms with Crippen LogP contribution < -0.4 is 5.73 Å². The lowest BCUT2D eigenvalue weighted by Crippen LogP contribution is -2.00. The van der Waals surface area contributed by atoms with Crippen LogP contribution in [0.15, 0.2) is 18.6 Å². The molecule has 2 rings (SSSR count). The van der Waals surface area contributed by atoms with Gasteiger partial charge in [0.2, 0.25) is 0 Å². The van der Waals surface area contributed by atoms with Crippen LogP contribution in [0.1, 0.15) is 16.8 Å². The first-order chi connectivity index (χ1) is 7.19. The fraction of sp³-hybridized carbons (Fsp3) is 0.400. The smallest absolute Gasteiger partial charge is 0.0693 e. The van der Waals surface area contributed by atoms with Gasteiger partial charge < -0.3 is 5.73 Å². The monoisotopic (exact) mass is 241 g/mol. The Morgan fingerprint density at radius 1 is 1.38 bits per heavy atom. The van der Waals surface area contributed by atoms with Gasteiger partial charge in [0, 0.05) is 37.1 Å². The van der Waals surface area contributed by atoms with Crippen molar-refractivity contribution in [1.29, 1.82) is 0 Å². The normalized spacial score (nSPS) is 10.2. The Labute approximate surface area is 101 Å². The average Bonchev–Trinajstić information content (AvgIpc) is 2.75. The minimum atomic E-state index is 0. The van der Waals surface area contributed by atoms with Gasteiger partial charge in [-0.1, -0.05) is 0 Å². The van der Waals surface area contributed by atoms with Crippen LogP contribution in [-0.2, 0) is 20.1 Å². The Kier molecular flexibility index (Phi) is 4.09. The number of aryl methyl sites for hydroxylation is 2. The van der Waals surface area contributed by atoms with Crippen LogP contribution in [-0.4, -0.2) is 19.6 Å². The van der Waals surface area contributed by atoms with Crippen LogP contribution in [0.2, 0.25) is 0 Å². The largest absolute Gasteiger partial charge is 0.326 e. The fourth-order valence-corrected chi connectivity index (χ4v) is 1.58. The van der Waals surface area contributed by atoms with Gasteiger partial charge in [-0.05, 0) is 6.92 Å². The maximum absolute atomic E-state index is 5.52. The van der Waals surface area contributed by atoms with Gasteiger partial charge in [-0.25, -0.2) is 0 Å². The van der Waals surface area contributed by atoms with Crippen LogP contribution in [0.25, 0.3) is 0 Å². The van der Waals surface area contributed by atoms with Gasteiger partial charge in [0.1, 0.15) is 0 Å². The van der Waals surface area contributed by atoms with E-state index in [1.165, 1.54) is 5.56 Å². The molecule has 0 atom stereocenters. The molecule has 0 bridgehead atoms. The number of hydrogen-bond acceptors (Lipinski definition) is 3. The molecule has 16 heavy (non-hydrogen) atoms. The van der Waals surface area contributed by atoms with Crippen LogP contribution in [0.3, 0.4) is 0 Å². The molecule has 0 aromatic carbocycles. The molecule has 0 unspecified atom stereocenters. The summed E-state index contributed by atoms with van der Waals surface area (Å²) in [5, 5.41) is 8.52. The quantitative estimate of drug-likeness (QED) is 0.867. The summed E-state index contributed by atoms with van der Waals surface area (Å²) in [6, 6.07) is 0. The highest BCUT2D eigenvalue weighted by Crippen LogP contribution is 2.07. The van der Waals surface area contributed by atoms with Crippen molar-refractivity contribution in [3.8, 4) is 0 Å². The van der Waals surface area contributed by atoms with E-state index in [1.54, 1.807) is 6.20 Å². The number of hydrogen-bond donors (Lipinski definition) is 1. The molecule has 0 saturated carbocycles. The topological polar surface area (TPSA) is 61.7 Å². The SMILES string of the molecule is Cc1nn(C)cc1Cn1cc(CN)cn1.Cl. The molecule has 0 amide bonds. The second-order valence-electron chi connectivity index (χ2n) is 3.66. The molecule has 0 aliphatic rings. The average molecular weight is 242 g/mol. The minimum Gasteiger partial charge on any atom is -0.326 e. The first-order valence-corrected chi connectivity index (χ1v) is 4.89. The molecule has 2 aromatic rings. The summed E-state index contributed by atoms with van der Waals surface area (Å²) >= 11 is 0. The van der Waals surface area contributed by atoms with Gasteiger partial charge in [0.25, 0.3) is 0 Å². The van der Waals surface area contributed by atoms with Gasteiger partial charge in [0.15, 0.2) is 0 Å². The first-order valence-electron chi connectivity index (χ1n) is 4.89. The zero-order valence-electron chi connectivity index (χ0n) is 9.42. The summed E-state index contributed by atoms with van der Waals surface area (Å²) in [5.41, 5.74) is 8.80. The summed E-state index contributed by atoms with van der Waals surface area (Å²) in [6.07, 6.45) is 5.78. The van der Waals surface area contributed by atoms with Crippen molar-refractivity contribution in [1.82, 2.24) is 19.6 Å². The van der Waals surface area contributed by atoms with E-state index in [1.807, 2.05) is 35.7 Å². The van der Waals surface area contributed by atoms with E-state index >= 15 is 0 Å². The predicted octanol–water partition coefficient (Wildman–Crippen LogP) is 0.854. The molecule has 0 aliphatic carbocycles. The van der Waals surface area contributed by atoms with Crippen molar-refractivity contribution in [2.24, 2.45) is 12.8 Å². The van der Waals surface area contributed by atoms with Crippen LogP contribution in [0.5, 0.6) is 0 Å². The molecular formula is C10H16ClN5. The van der Waals surface area contributed by atoms with E-state index in [2.05, 4.69) is 10.2 Å². The number of aromatic nitrogens is 4. The molecule has 0 saturated heterocycles. The molecule has 6 heteroatoms. The fourth-order valence-electron chi connectivity index (χ4n) is 1.58. The van der Waals surface area contributed by atoms with E-state index in [0.29, 0.717) is 6.54 Å². The highest BCUT2D eigenvalue weighted by atomic mass is 35.5. The standard InChI is InChI=1S/C10H15N5.ClH/c1-8-10(6-14(2)13-8)7-15-5-9(3-11)4-12-15;/h4-6H,3,7,11H2,1-2H3;1H. The third-order valence-electron chi connectivity index (χ3n) is 2.37. The zero-order chi connectivity index (χ0) is 10.8. The summed E-state index contributed by atoms with van der Waals surface area (Å²) in [6.45, 7) is 3.29. The zero-order valence-corrected chi connectivity index (χ0v) is 10.2. The molecule has 5 nitrogen and oxygen atoms in total. The minimum absolute atomic E-state index is 0. The van der Waals surface area contributed by atoms with Crippen molar-refractivity contribution in [2.45, 2.75) is 20.0 Å². The van der Waals surface area contributed by atoms with E-state index in [0.717, 1.165) is 17.8 Å².